The summed E-state index contributed by atoms with van der Waals surface area (Å²) in [7, 11) is 0. The Balaban J connectivity index is 2.17. The number of fused-ring (bicyclic) bond motifs is 2. The van der Waals surface area contributed by atoms with Gasteiger partial charge in [0.15, 0.2) is 0 Å². The first-order chi connectivity index (χ1) is 9.84. The van der Waals surface area contributed by atoms with E-state index in [1.165, 1.54) is 24.3 Å². The molecule has 0 fully saturated rings. The summed E-state index contributed by atoms with van der Waals surface area (Å²) in [5, 5.41) is 2.85. The molecule has 2 aromatic rings. The predicted molar refractivity (Wildman–Crippen MR) is 71.5 cm³/mol. The van der Waals surface area contributed by atoms with Crippen LogP contribution >= 0.6 is 0 Å². The van der Waals surface area contributed by atoms with Crippen molar-refractivity contribution in [1.82, 2.24) is 0 Å². The molecule has 1 aliphatic heterocycles. The molecule has 3 nitrogen and oxygen atoms in total. The van der Waals surface area contributed by atoms with Crippen molar-refractivity contribution in [3.63, 3.8) is 0 Å². The molecule has 1 heterocycles. The largest absolute Gasteiger partial charge is 0.416 e. The summed E-state index contributed by atoms with van der Waals surface area (Å²) >= 11 is 0. The van der Waals surface area contributed by atoms with Gasteiger partial charge in [0, 0.05) is 11.3 Å². The van der Waals surface area contributed by atoms with Crippen molar-refractivity contribution in [2.45, 2.75) is 6.18 Å². The monoisotopic (exact) mass is 295 g/mol. The van der Waals surface area contributed by atoms with Gasteiger partial charge in [-0.05, 0) is 36.4 Å². The van der Waals surface area contributed by atoms with Gasteiger partial charge >= 0.3 is 6.18 Å². The van der Waals surface area contributed by atoms with Crippen molar-refractivity contribution in [3.05, 3.63) is 53.3 Å². The first-order valence-corrected chi connectivity index (χ1v) is 5.97. The second-order valence-corrected chi connectivity index (χ2v) is 4.54. The van der Waals surface area contributed by atoms with E-state index in [2.05, 4.69) is 10.3 Å². The Labute approximate surface area is 117 Å². The Morgan fingerprint density at radius 2 is 1.76 bits per heavy atom. The molecule has 0 aliphatic carbocycles. The third-order valence-electron chi connectivity index (χ3n) is 3.09. The van der Waals surface area contributed by atoms with Crippen LogP contribution in [-0.2, 0) is 6.18 Å². The number of anilines is 2. The molecule has 7 heteroatoms. The molecular weight excluding hydrogens is 286 g/mol. The van der Waals surface area contributed by atoms with E-state index >= 15 is 0 Å². The lowest BCUT2D eigenvalue weighted by atomic mass is 10.1. The van der Waals surface area contributed by atoms with Gasteiger partial charge in [-0.1, -0.05) is 0 Å². The van der Waals surface area contributed by atoms with E-state index in [1.54, 1.807) is 0 Å². The summed E-state index contributed by atoms with van der Waals surface area (Å²) in [6.45, 7) is 0. The van der Waals surface area contributed by atoms with Crippen molar-refractivity contribution in [3.8, 4) is 0 Å². The maximum absolute atomic E-state index is 13.3. The number of hydrogen-bond donors (Lipinski definition) is 2. The summed E-state index contributed by atoms with van der Waals surface area (Å²) in [6.07, 6.45) is -4.47. The van der Waals surface area contributed by atoms with Crippen LogP contribution in [0.25, 0.3) is 0 Å². The summed E-state index contributed by atoms with van der Waals surface area (Å²) in [5.74, 6) is -0.542. The van der Waals surface area contributed by atoms with Gasteiger partial charge in [-0.25, -0.2) is 9.38 Å². The first-order valence-electron chi connectivity index (χ1n) is 5.97. The van der Waals surface area contributed by atoms with Crippen molar-refractivity contribution < 1.29 is 17.6 Å². The molecule has 1 aliphatic rings. The number of alkyl halides is 3. The Morgan fingerprint density at radius 3 is 2.48 bits per heavy atom. The van der Waals surface area contributed by atoms with Crippen LogP contribution in [0.3, 0.4) is 0 Å². The third-order valence-corrected chi connectivity index (χ3v) is 3.09. The smallest absolute Gasteiger partial charge is 0.383 e. The Bertz CT molecular complexity index is 750. The van der Waals surface area contributed by atoms with Gasteiger partial charge in [-0.3, -0.25) is 0 Å². The maximum atomic E-state index is 13.3. The quantitative estimate of drug-likeness (QED) is 0.723. The van der Waals surface area contributed by atoms with Crippen LogP contribution in [0.4, 0.5) is 34.6 Å². The minimum atomic E-state index is -4.47. The number of halogens is 4. The van der Waals surface area contributed by atoms with Crippen LogP contribution in [0.15, 0.2) is 41.4 Å². The average molecular weight is 295 g/mol. The fraction of sp³-hybridized carbons (Fsp3) is 0.0714. The molecule has 0 saturated heterocycles. The molecule has 0 aromatic heterocycles. The zero-order valence-electron chi connectivity index (χ0n) is 10.5. The van der Waals surface area contributed by atoms with E-state index in [-0.39, 0.29) is 11.4 Å². The molecule has 21 heavy (non-hydrogen) atoms. The van der Waals surface area contributed by atoms with E-state index in [1.807, 2.05) is 0 Å². The number of rotatable bonds is 0. The number of nitrogens with one attached hydrogen (secondary N) is 1. The molecular formula is C14H9F4N3. The number of benzene rings is 2. The highest BCUT2D eigenvalue weighted by Crippen LogP contribution is 2.37. The fourth-order valence-corrected chi connectivity index (χ4v) is 2.08. The second-order valence-electron chi connectivity index (χ2n) is 4.54. The van der Waals surface area contributed by atoms with E-state index in [0.29, 0.717) is 17.1 Å². The summed E-state index contributed by atoms with van der Waals surface area (Å²) in [5.41, 5.74) is 6.11. The standard InChI is InChI=1S/C14H9F4N3/c15-8-2-4-11-12(6-8)20-10-3-1-7(14(16,17)18)5-9(10)13(19)21-11/h1-6,20H,(H2,19,21). The lowest BCUT2D eigenvalue weighted by Crippen LogP contribution is -2.15. The molecule has 3 rings (SSSR count). The number of nitrogens with zero attached hydrogens (tertiary/aromatic N) is 1. The van der Waals surface area contributed by atoms with Crippen molar-refractivity contribution >= 4 is 22.9 Å². The normalized spacial score (nSPS) is 13.6. The highest BCUT2D eigenvalue weighted by atomic mass is 19.4. The number of amidine groups is 1. The van der Waals surface area contributed by atoms with Crippen molar-refractivity contribution in [2.24, 2.45) is 10.7 Å². The average Bonchev–Trinajstić information content (AvgIpc) is 2.53. The van der Waals surface area contributed by atoms with E-state index in [0.717, 1.165) is 12.1 Å². The van der Waals surface area contributed by atoms with E-state index in [4.69, 9.17) is 5.73 Å². The molecule has 0 radical (unpaired) electrons. The first kappa shape index (κ1) is 13.4. The van der Waals surface area contributed by atoms with Gasteiger partial charge < -0.3 is 11.1 Å². The number of aliphatic imine (C=N–C) groups is 1. The summed E-state index contributed by atoms with van der Waals surface area (Å²) in [6, 6.07) is 6.92. The summed E-state index contributed by atoms with van der Waals surface area (Å²) < 4.78 is 51.5. The molecule has 0 bridgehead atoms. The van der Waals surface area contributed by atoms with Gasteiger partial charge in [-0.2, -0.15) is 13.2 Å². The number of hydrogen-bond acceptors (Lipinski definition) is 3. The van der Waals surface area contributed by atoms with Crippen LogP contribution in [0, 0.1) is 5.82 Å². The van der Waals surface area contributed by atoms with Crippen LogP contribution < -0.4 is 11.1 Å². The Kier molecular flexibility index (Phi) is 2.86. The van der Waals surface area contributed by atoms with Gasteiger partial charge in [0.2, 0.25) is 0 Å². The zero-order valence-corrected chi connectivity index (χ0v) is 10.5. The van der Waals surface area contributed by atoms with Crippen LogP contribution in [-0.4, -0.2) is 5.84 Å². The van der Waals surface area contributed by atoms with Crippen molar-refractivity contribution in [2.75, 3.05) is 5.32 Å². The molecule has 3 N–H and O–H groups in total. The molecule has 0 saturated carbocycles. The van der Waals surface area contributed by atoms with Gasteiger partial charge in [0.25, 0.3) is 0 Å². The van der Waals surface area contributed by atoms with Crippen molar-refractivity contribution in [1.29, 1.82) is 0 Å². The summed E-state index contributed by atoms with van der Waals surface area (Å²) in [4.78, 5) is 4.04. The molecule has 0 spiro atoms. The van der Waals surface area contributed by atoms with Gasteiger partial charge in [0.05, 0.1) is 16.9 Å². The fourth-order valence-electron chi connectivity index (χ4n) is 2.08. The molecule has 108 valence electrons. The van der Waals surface area contributed by atoms with Crippen LogP contribution in [0.1, 0.15) is 11.1 Å². The third kappa shape index (κ3) is 2.42. The topological polar surface area (TPSA) is 50.4 Å². The van der Waals surface area contributed by atoms with E-state index < -0.39 is 17.6 Å². The lowest BCUT2D eigenvalue weighted by Gasteiger charge is -2.12. The molecule has 0 unspecified atom stereocenters. The zero-order chi connectivity index (χ0) is 15.2. The Hall–Kier alpha value is -2.57. The van der Waals surface area contributed by atoms with Gasteiger partial charge in [-0.15, -0.1) is 0 Å². The molecule has 0 atom stereocenters. The highest BCUT2D eigenvalue weighted by Gasteiger charge is 2.31. The lowest BCUT2D eigenvalue weighted by molar-refractivity contribution is -0.137. The van der Waals surface area contributed by atoms with Crippen LogP contribution in [0.5, 0.6) is 0 Å². The van der Waals surface area contributed by atoms with E-state index in [9.17, 15) is 17.6 Å². The maximum Gasteiger partial charge on any atom is 0.416 e. The Morgan fingerprint density at radius 1 is 1.00 bits per heavy atom. The SMILES string of the molecule is NC1=Nc2ccc(F)cc2Nc2ccc(C(F)(F)F)cc21. The minimum absolute atomic E-state index is 0.0611. The number of nitrogens with two attached hydrogens (primary N) is 1. The van der Waals surface area contributed by atoms with Crippen LogP contribution in [0.2, 0.25) is 0 Å². The molecule has 2 aromatic carbocycles. The predicted octanol–water partition coefficient (Wildman–Crippen LogP) is 3.94. The van der Waals surface area contributed by atoms with Gasteiger partial charge in [0.1, 0.15) is 11.7 Å². The second kappa shape index (κ2) is 4.47. The highest BCUT2D eigenvalue weighted by molar-refractivity contribution is 6.06. The minimum Gasteiger partial charge on any atom is -0.383 e. The molecule has 0 amide bonds.